The minimum atomic E-state index is -1.64. The van der Waals surface area contributed by atoms with Crippen LogP contribution in [-0.2, 0) is 16.0 Å². The number of anilines is 1. The lowest BCUT2D eigenvalue weighted by molar-refractivity contribution is -0.142. The molecule has 0 aliphatic carbocycles. The first-order valence-electron chi connectivity index (χ1n) is 8.97. The summed E-state index contributed by atoms with van der Waals surface area (Å²) in [7, 11) is -1.64. The lowest BCUT2D eigenvalue weighted by Gasteiger charge is -2.14. The predicted molar refractivity (Wildman–Crippen MR) is 110 cm³/mol. The lowest BCUT2D eigenvalue weighted by atomic mass is 9.77. The van der Waals surface area contributed by atoms with Crippen molar-refractivity contribution >= 4 is 41.2 Å². The van der Waals surface area contributed by atoms with E-state index in [1.54, 1.807) is 18.4 Å². The first-order chi connectivity index (χ1) is 13.4. The van der Waals surface area contributed by atoms with Crippen molar-refractivity contribution in [3.63, 3.8) is 0 Å². The number of thiazole rings is 1. The zero-order chi connectivity index (χ0) is 20.5. The Morgan fingerprint density at radius 2 is 2.18 bits per heavy atom. The van der Waals surface area contributed by atoms with Gasteiger partial charge in [-0.25, -0.2) is 4.98 Å². The highest BCUT2D eigenvalue weighted by molar-refractivity contribution is 7.13. The van der Waals surface area contributed by atoms with Gasteiger partial charge in [-0.05, 0) is 26.3 Å². The highest BCUT2D eigenvalue weighted by Crippen LogP contribution is 2.19. The van der Waals surface area contributed by atoms with E-state index in [0.717, 1.165) is 12.0 Å². The molecule has 150 valence electrons. The van der Waals surface area contributed by atoms with Gasteiger partial charge in [0.05, 0.1) is 31.5 Å². The summed E-state index contributed by atoms with van der Waals surface area (Å²) in [4.78, 5) is 15.8. The molecule has 0 amide bonds. The number of carbonyl (C=O) groups excluding carboxylic acids is 1. The maximum absolute atomic E-state index is 11.5. The van der Waals surface area contributed by atoms with Crippen LogP contribution in [0.3, 0.4) is 0 Å². The monoisotopic (exact) mass is 405 g/mol. The zero-order valence-electron chi connectivity index (χ0n) is 16.1. The van der Waals surface area contributed by atoms with E-state index in [4.69, 9.17) is 9.47 Å². The van der Waals surface area contributed by atoms with Gasteiger partial charge >= 0.3 is 13.1 Å². The third-order valence-corrected chi connectivity index (χ3v) is 4.36. The normalized spacial score (nSPS) is 10.9. The number of esters is 1. The summed E-state index contributed by atoms with van der Waals surface area (Å²) in [5, 5.41) is 25.7. The van der Waals surface area contributed by atoms with Crippen LogP contribution < -0.4 is 15.6 Å². The van der Waals surface area contributed by atoms with Gasteiger partial charge in [-0.1, -0.05) is 18.6 Å². The Balaban J connectivity index is 2.13. The Kier molecular flexibility index (Phi) is 8.43. The second kappa shape index (κ2) is 10.8. The largest absolute Gasteiger partial charge is 0.493 e. The van der Waals surface area contributed by atoms with Crippen LogP contribution in [0.1, 0.15) is 37.1 Å². The molecule has 2 aromatic rings. The number of hydrogen-bond acceptors (Lipinski definition) is 9. The van der Waals surface area contributed by atoms with Crippen LogP contribution in [0.5, 0.6) is 5.75 Å². The summed E-state index contributed by atoms with van der Waals surface area (Å²) in [5.74, 6) is 0.0607. The lowest BCUT2D eigenvalue weighted by Crippen LogP contribution is -2.32. The zero-order valence-corrected chi connectivity index (χ0v) is 17.0. The molecule has 10 heteroatoms. The quantitative estimate of drug-likeness (QED) is 0.237. The van der Waals surface area contributed by atoms with E-state index >= 15 is 0 Å². The molecule has 8 nitrogen and oxygen atoms in total. The number of aromatic nitrogens is 1. The third-order valence-electron chi connectivity index (χ3n) is 3.57. The van der Waals surface area contributed by atoms with Crippen LogP contribution in [0.25, 0.3) is 0 Å². The smallest absolute Gasteiger partial charge is 0.492 e. The highest BCUT2D eigenvalue weighted by Gasteiger charge is 2.20. The van der Waals surface area contributed by atoms with Gasteiger partial charge in [0.25, 0.3) is 0 Å². The van der Waals surface area contributed by atoms with Gasteiger partial charge in [-0.15, -0.1) is 11.3 Å². The number of benzene rings is 1. The van der Waals surface area contributed by atoms with Crippen LogP contribution in [0.15, 0.2) is 22.6 Å². The standard InChI is InChI=1S/C18H24BN3O5S/c1-4-6-27-17-13(7-12(3)8-15(17)19(24)25)10-20-22-18-21-14(11-28-18)9-16(23)26-5-2/h7-8,10-11,24-25H,4-6,9H2,1-3H3,(H,21,22). The summed E-state index contributed by atoms with van der Waals surface area (Å²) in [6.45, 7) is 6.35. The van der Waals surface area contributed by atoms with Gasteiger partial charge < -0.3 is 19.5 Å². The molecule has 0 saturated carbocycles. The molecule has 0 atom stereocenters. The summed E-state index contributed by atoms with van der Waals surface area (Å²) >= 11 is 1.32. The highest BCUT2D eigenvalue weighted by atomic mass is 32.1. The van der Waals surface area contributed by atoms with E-state index in [0.29, 0.717) is 40.8 Å². The van der Waals surface area contributed by atoms with Crippen molar-refractivity contribution in [3.8, 4) is 5.75 Å². The SMILES string of the molecule is CCCOc1c(C=NNc2nc(CC(=O)OCC)cs2)cc(C)cc1B(O)O. The third kappa shape index (κ3) is 6.33. The number of aryl methyl sites for hydroxylation is 1. The molecule has 0 fully saturated rings. The topological polar surface area (TPSA) is 113 Å². The minimum absolute atomic E-state index is 0.111. The van der Waals surface area contributed by atoms with Gasteiger partial charge in [0.1, 0.15) is 5.75 Å². The number of hydrogen-bond donors (Lipinski definition) is 3. The fraction of sp³-hybridized carbons (Fsp3) is 0.389. The van der Waals surface area contributed by atoms with E-state index in [1.807, 2.05) is 19.9 Å². The Bertz CT molecular complexity index is 826. The van der Waals surface area contributed by atoms with Crippen molar-refractivity contribution in [3.05, 3.63) is 34.3 Å². The number of ether oxygens (including phenoxy) is 2. The number of nitrogens with zero attached hydrogens (tertiary/aromatic N) is 2. The van der Waals surface area contributed by atoms with Gasteiger partial charge in [-0.2, -0.15) is 5.10 Å². The number of nitrogens with one attached hydrogen (secondary N) is 1. The molecule has 28 heavy (non-hydrogen) atoms. The van der Waals surface area contributed by atoms with Crippen molar-refractivity contribution in [2.75, 3.05) is 18.6 Å². The molecule has 1 aromatic carbocycles. The summed E-state index contributed by atoms with van der Waals surface area (Å²) < 4.78 is 10.6. The average Bonchev–Trinajstić information content (AvgIpc) is 3.07. The maximum Gasteiger partial charge on any atom is 0.492 e. The molecule has 3 N–H and O–H groups in total. The molecular weight excluding hydrogens is 381 g/mol. The van der Waals surface area contributed by atoms with Crippen LogP contribution in [-0.4, -0.2) is 47.5 Å². The van der Waals surface area contributed by atoms with Gasteiger partial charge in [0.2, 0.25) is 5.13 Å². The second-order valence-corrected chi connectivity index (χ2v) is 6.85. The first kappa shape index (κ1) is 21.9. The Hall–Kier alpha value is -2.43. The number of hydrazone groups is 1. The second-order valence-electron chi connectivity index (χ2n) is 5.99. The van der Waals surface area contributed by atoms with E-state index in [-0.39, 0.29) is 12.4 Å². The Morgan fingerprint density at radius 3 is 2.86 bits per heavy atom. The minimum Gasteiger partial charge on any atom is -0.493 e. The van der Waals surface area contributed by atoms with E-state index in [1.165, 1.54) is 17.6 Å². The molecule has 0 unspecified atom stereocenters. The molecular formula is C18H24BN3O5S. The average molecular weight is 405 g/mol. The fourth-order valence-electron chi connectivity index (χ4n) is 2.44. The molecule has 0 aliphatic rings. The molecule has 1 aromatic heterocycles. The van der Waals surface area contributed by atoms with Crippen molar-refractivity contribution < 1.29 is 24.3 Å². The Labute approximate surface area is 168 Å². The van der Waals surface area contributed by atoms with Gasteiger partial charge in [-0.3, -0.25) is 10.2 Å². The molecule has 0 aliphatic heterocycles. The molecule has 1 heterocycles. The van der Waals surface area contributed by atoms with Crippen LogP contribution >= 0.6 is 11.3 Å². The van der Waals surface area contributed by atoms with E-state index in [9.17, 15) is 14.8 Å². The van der Waals surface area contributed by atoms with Gasteiger partial charge in [0, 0.05) is 16.4 Å². The molecule has 0 spiro atoms. The summed E-state index contributed by atoms with van der Waals surface area (Å²) in [6.07, 6.45) is 2.43. The van der Waals surface area contributed by atoms with Crippen molar-refractivity contribution in [2.45, 2.75) is 33.6 Å². The van der Waals surface area contributed by atoms with Crippen LogP contribution in [0, 0.1) is 6.92 Å². The molecule has 0 saturated heterocycles. The molecule has 0 radical (unpaired) electrons. The summed E-state index contributed by atoms with van der Waals surface area (Å²) in [5.41, 5.74) is 5.18. The van der Waals surface area contributed by atoms with Crippen molar-refractivity contribution in [1.29, 1.82) is 0 Å². The van der Waals surface area contributed by atoms with Crippen molar-refractivity contribution in [1.82, 2.24) is 4.98 Å². The summed E-state index contributed by atoms with van der Waals surface area (Å²) in [6, 6.07) is 3.51. The van der Waals surface area contributed by atoms with Crippen molar-refractivity contribution in [2.24, 2.45) is 5.10 Å². The number of rotatable bonds is 10. The van der Waals surface area contributed by atoms with Crippen LogP contribution in [0.4, 0.5) is 5.13 Å². The maximum atomic E-state index is 11.5. The van der Waals surface area contributed by atoms with E-state index < -0.39 is 7.12 Å². The molecule has 2 rings (SSSR count). The van der Waals surface area contributed by atoms with E-state index in [2.05, 4.69) is 15.5 Å². The van der Waals surface area contributed by atoms with Crippen LogP contribution in [0.2, 0.25) is 0 Å². The first-order valence-corrected chi connectivity index (χ1v) is 9.85. The predicted octanol–water partition coefficient (Wildman–Crippen LogP) is 1.47. The molecule has 0 bridgehead atoms. The Morgan fingerprint density at radius 1 is 1.39 bits per heavy atom. The number of carbonyl (C=O) groups is 1. The van der Waals surface area contributed by atoms with Gasteiger partial charge in [0.15, 0.2) is 0 Å². The fourth-order valence-corrected chi connectivity index (χ4v) is 3.10.